The number of primary amides is 1. The Kier molecular flexibility index (Phi) is 6.25. The van der Waals surface area contributed by atoms with Gasteiger partial charge in [-0.3, -0.25) is 19.7 Å². The number of nitro benzene ring substituents is 1. The van der Waals surface area contributed by atoms with Crippen molar-refractivity contribution in [1.82, 2.24) is 0 Å². The number of hydrogen-bond donors (Lipinski definition) is 2. The standard InChI is InChI=1S/C21H17N3O4S/c22-20(25)13-29-19-9-5-4-8-17(19)23-16-11-10-15(12-18(16)24(27)28)21(26)14-6-2-1-3-7-14/h1-12,23H,13H2,(H2,22,25). The highest BCUT2D eigenvalue weighted by molar-refractivity contribution is 8.00. The molecule has 0 radical (unpaired) electrons. The van der Waals surface area contributed by atoms with E-state index in [0.29, 0.717) is 11.3 Å². The van der Waals surface area contributed by atoms with Gasteiger partial charge in [0.15, 0.2) is 5.78 Å². The van der Waals surface area contributed by atoms with E-state index in [-0.39, 0.29) is 28.5 Å². The Balaban J connectivity index is 1.92. The summed E-state index contributed by atoms with van der Waals surface area (Å²) in [5, 5.41) is 14.6. The second-order valence-electron chi connectivity index (χ2n) is 6.06. The van der Waals surface area contributed by atoms with E-state index in [1.54, 1.807) is 60.7 Å². The lowest BCUT2D eigenvalue weighted by Gasteiger charge is -2.12. The molecule has 3 aromatic carbocycles. The molecule has 0 spiro atoms. The molecular weight excluding hydrogens is 390 g/mol. The molecule has 0 unspecified atom stereocenters. The van der Waals surface area contributed by atoms with Crippen LogP contribution < -0.4 is 11.1 Å². The first kappa shape index (κ1) is 20.1. The van der Waals surface area contributed by atoms with Gasteiger partial charge in [0, 0.05) is 22.1 Å². The second-order valence-corrected chi connectivity index (χ2v) is 7.08. The molecule has 0 atom stereocenters. The van der Waals surface area contributed by atoms with Crippen LogP contribution in [-0.4, -0.2) is 22.4 Å². The zero-order valence-corrected chi connectivity index (χ0v) is 16.0. The maximum Gasteiger partial charge on any atom is 0.293 e. The fourth-order valence-electron chi connectivity index (χ4n) is 2.68. The van der Waals surface area contributed by atoms with Crippen LogP contribution in [-0.2, 0) is 4.79 Å². The van der Waals surface area contributed by atoms with Gasteiger partial charge in [-0.25, -0.2) is 0 Å². The third-order valence-corrected chi connectivity index (χ3v) is 5.11. The first-order valence-electron chi connectivity index (χ1n) is 8.61. The fourth-order valence-corrected chi connectivity index (χ4v) is 3.42. The second kappa shape index (κ2) is 9.03. The number of benzene rings is 3. The molecule has 0 aliphatic heterocycles. The molecule has 146 valence electrons. The molecule has 7 nitrogen and oxygen atoms in total. The summed E-state index contributed by atoms with van der Waals surface area (Å²) in [6.07, 6.45) is 0. The van der Waals surface area contributed by atoms with E-state index >= 15 is 0 Å². The summed E-state index contributed by atoms with van der Waals surface area (Å²) in [5.41, 5.74) is 6.50. The molecule has 3 N–H and O–H groups in total. The Hall–Kier alpha value is -3.65. The Labute approximate surface area is 171 Å². The minimum atomic E-state index is -0.538. The highest BCUT2D eigenvalue weighted by Gasteiger charge is 2.19. The van der Waals surface area contributed by atoms with Gasteiger partial charge >= 0.3 is 0 Å². The molecule has 3 rings (SSSR count). The highest BCUT2D eigenvalue weighted by Crippen LogP contribution is 2.34. The van der Waals surface area contributed by atoms with Gasteiger partial charge in [0.2, 0.25) is 5.91 Å². The minimum absolute atomic E-state index is 0.0886. The van der Waals surface area contributed by atoms with Crippen LogP contribution in [0.4, 0.5) is 17.1 Å². The monoisotopic (exact) mass is 407 g/mol. The number of nitrogens with two attached hydrogens (primary N) is 1. The van der Waals surface area contributed by atoms with Crippen molar-refractivity contribution in [1.29, 1.82) is 0 Å². The number of ketones is 1. The van der Waals surface area contributed by atoms with E-state index in [1.807, 2.05) is 0 Å². The fraction of sp³-hybridized carbons (Fsp3) is 0.0476. The summed E-state index contributed by atoms with van der Waals surface area (Å²) >= 11 is 1.23. The van der Waals surface area contributed by atoms with Crippen LogP contribution in [0.5, 0.6) is 0 Å². The molecular formula is C21H17N3O4S. The predicted octanol–water partition coefficient (Wildman–Crippen LogP) is 4.15. The third kappa shape index (κ3) is 4.99. The van der Waals surface area contributed by atoms with Gasteiger partial charge in [0.05, 0.1) is 16.4 Å². The van der Waals surface area contributed by atoms with Crippen molar-refractivity contribution in [3.05, 3.63) is 94.0 Å². The van der Waals surface area contributed by atoms with E-state index in [1.165, 1.54) is 23.9 Å². The molecule has 0 aliphatic carbocycles. The Morgan fingerprint density at radius 2 is 1.62 bits per heavy atom. The van der Waals surface area contributed by atoms with Gasteiger partial charge in [-0.1, -0.05) is 42.5 Å². The van der Waals surface area contributed by atoms with Crippen molar-refractivity contribution in [3.8, 4) is 0 Å². The minimum Gasteiger partial charge on any atom is -0.369 e. The number of carbonyl (C=O) groups is 2. The smallest absolute Gasteiger partial charge is 0.293 e. The summed E-state index contributed by atoms with van der Waals surface area (Å²) < 4.78 is 0. The van der Waals surface area contributed by atoms with Crippen LogP contribution in [0.2, 0.25) is 0 Å². The van der Waals surface area contributed by atoms with E-state index in [2.05, 4.69) is 5.32 Å². The van der Waals surface area contributed by atoms with Crippen LogP contribution >= 0.6 is 11.8 Å². The van der Waals surface area contributed by atoms with E-state index < -0.39 is 10.8 Å². The molecule has 8 heteroatoms. The number of nitrogens with zero attached hydrogens (tertiary/aromatic N) is 1. The van der Waals surface area contributed by atoms with E-state index in [4.69, 9.17) is 5.73 Å². The number of rotatable bonds is 8. The van der Waals surface area contributed by atoms with Crippen LogP contribution in [0.25, 0.3) is 0 Å². The number of thioether (sulfide) groups is 1. The molecule has 29 heavy (non-hydrogen) atoms. The van der Waals surface area contributed by atoms with E-state index in [9.17, 15) is 19.7 Å². The average Bonchev–Trinajstić information content (AvgIpc) is 2.73. The lowest BCUT2D eigenvalue weighted by atomic mass is 10.0. The van der Waals surface area contributed by atoms with Gasteiger partial charge in [0.1, 0.15) is 5.69 Å². The van der Waals surface area contributed by atoms with Crippen molar-refractivity contribution >= 4 is 40.5 Å². The molecule has 1 amide bonds. The number of carbonyl (C=O) groups excluding carboxylic acids is 2. The topological polar surface area (TPSA) is 115 Å². The average molecular weight is 407 g/mol. The van der Waals surface area contributed by atoms with Gasteiger partial charge in [-0.2, -0.15) is 0 Å². The summed E-state index contributed by atoms with van der Waals surface area (Å²) in [6, 6.07) is 20.0. The Bertz CT molecular complexity index is 1070. The number of hydrogen-bond acceptors (Lipinski definition) is 6. The zero-order valence-electron chi connectivity index (χ0n) is 15.2. The van der Waals surface area contributed by atoms with Crippen molar-refractivity contribution in [2.75, 3.05) is 11.1 Å². The van der Waals surface area contributed by atoms with Crippen LogP contribution in [0, 0.1) is 10.1 Å². The number of para-hydroxylation sites is 1. The number of anilines is 2. The first-order chi connectivity index (χ1) is 14.0. The first-order valence-corrected chi connectivity index (χ1v) is 9.59. The molecule has 0 saturated heterocycles. The Morgan fingerprint density at radius 3 is 2.31 bits per heavy atom. The number of nitro groups is 1. The van der Waals surface area contributed by atoms with Crippen LogP contribution in [0.15, 0.2) is 77.7 Å². The summed E-state index contributed by atoms with van der Waals surface area (Å²) in [4.78, 5) is 35.5. The molecule has 0 fully saturated rings. The number of amides is 1. The summed E-state index contributed by atoms with van der Waals surface area (Å²) in [5.74, 6) is -0.664. The summed E-state index contributed by atoms with van der Waals surface area (Å²) in [6.45, 7) is 0. The van der Waals surface area contributed by atoms with Crippen molar-refractivity contribution < 1.29 is 14.5 Å². The van der Waals surface area contributed by atoms with Crippen molar-refractivity contribution in [3.63, 3.8) is 0 Å². The maximum absolute atomic E-state index is 12.6. The van der Waals surface area contributed by atoms with Gasteiger partial charge < -0.3 is 11.1 Å². The van der Waals surface area contributed by atoms with E-state index in [0.717, 1.165) is 4.90 Å². The van der Waals surface area contributed by atoms with Crippen molar-refractivity contribution in [2.24, 2.45) is 5.73 Å². The largest absolute Gasteiger partial charge is 0.369 e. The zero-order chi connectivity index (χ0) is 20.8. The van der Waals surface area contributed by atoms with Gasteiger partial charge in [-0.05, 0) is 24.3 Å². The lowest BCUT2D eigenvalue weighted by molar-refractivity contribution is -0.383. The predicted molar refractivity (Wildman–Crippen MR) is 113 cm³/mol. The highest BCUT2D eigenvalue weighted by atomic mass is 32.2. The molecule has 0 aromatic heterocycles. The molecule has 3 aromatic rings. The van der Waals surface area contributed by atoms with Crippen molar-refractivity contribution in [2.45, 2.75) is 4.90 Å². The summed E-state index contributed by atoms with van der Waals surface area (Å²) in [7, 11) is 0. The van der Waals surface area contributed by atoms with Crippen LogP contribution in [0.1, 0.15) is 15.9 Å². The van der Waals surface area contributed by atoms with Gasteiger partial charge in [-0.15, -0.1) is 11.8 Å². The third-order valence-electron chi connectivity index (χ3n) is 4.02. The Morgan fingerprint density at radius 1 is 0.931 bits per heavy atom. The molecule has 0 heterocycles. The molecule has 0 aliphatic rings. The lowest BCUT2D eigenvalue weighted by Crippen LogP contribution is -2.13. The molecule has 0 bridgehead atoms. The molecule has 0 saturated carbocycles. The SMILES string of the molecule is NC(=O)CSc1ccccc1Nc1ccc(C(=O)c2ccccc2)cc1[N+](=O)[O-]. The number of nitrogens with one attached hydrogen (secondary N) is 1. The van der Waals surface area contributed by atoms with Gasteiger partial charge in [0.25, 0.3) is 5.69 Å². The normalized spacial score (nSPS) is 10.3. The van der Waals surface area contributed by atoms with Crippen LogP contribution in [0.3, 0.4) is 0 Å². The maximum atomic E-state index is 12.6. The quantitative estimate of drug-likeness (QED) is 0.251.